The minimum atomic E-state index is -0.559. The molecular weight excluding hydrogens is 491 g/mol. The van der Waals surface area contributed by atoms with Crippen molar-refractivity contribution < 1.29 is 9.18 Å². The van der Waals surface area contributed by atoms with Crippen molar-refractivity contribution in [2.75, 3.05) is 0 Å². The maximum Gasteiger partial charge on any atom is 0.254 e. The monoisotopic (exact) mass is 510 g/mol. The Hall–Kier alpha value is -2.97. The number of amides is 1. The summed E-state index contributed by atoms with van der Waals surface area (Å²) < 4.78 is 16.9. The third-order valence-electron chi connectivity index (χ3n) is 4.77. The second-order valence-electron chi connectivity index (χ2n) is 7.15. The van der Waals surface area contributed by atoms with E-state index < -0.39 is 11.7 Å². The van der Waals surface area contributed by atoms with Crippen LogP contribution >= 0.6 is 27.7 Å². The van der Waals surface area contributed by atoms with Gasteiger partial charge in [0.05, 0.1) is 12.1 Å². The number of hydrogen-bond acceptors (Lipinski definition) is 4. The van der Waals surface area contributed by atoms with Crippen LogP contribution in [0, 0.1) is 12.7 Å². The number of carbonyl (C=O) groups is 1. The Balaban J connectivity index is 1.58. The molecule has 1 heterocycles. The van der Waals surface area contributed by atoms with Crippen LogP contribution in [-0.2, 0) is 12.3 Å². The number of hydrogen-bond donors (Lipinski definition) is 1. The van der Waals surface area contributed by atoms with Gasteiger partial charge in [0.1, 0.15) is 5.82 Å². The van der Waals surface area contributed by atoms with E-state index in [4.69, 9.17) is 0 Å². The lowest BCUT2D eigenvalue weighted by Crippen LogP contribution is -2.25. The molecule has 0 fully saturated rings. The summed E-state index contributed by atoms with van der Waals surface area (Å²) in [6.45, 7) is 2.13. The number of nitrogens with zero attached hydrogens (tertiary/aromatic N) is 3. The fraction of sp³-hybridized carbons (Fsp3) is 0.125. The van der Waals surface area contributed by atoms with Crippen molar-refractivity contribution in [2.24, 2.45) is 0 Å². The first-order valence-corrected chi connectivity index (χ1v) is 11.7. The van der Waals surface area contributed by atoms with E-state index in [9.17, 15) is 9.18 Å². The highest BCUT2D eigenvalue weighted by molar-refractivity contribution is 9.10. The van der Waals surface area contributed by atoms with Crippen molar-refractivity contribution in [1.82, 2.24) is 20.1 Å². The Morgan fingerprint density at radius 1 is 1.06 bits per heavy atom. The molecule has 1 N–H and O–H groups in total. The molecular formula is C24H20BrFN4OS. The highest BCUT2D eigenvalue weighted by Gasteiger charge is 2.17. The van der Waals surface area contributed by atoms with Crippen molar-refractivity contribution in [3.63, 3.8) is 0 Å². The number of rotatable bonds is 7. The minimum Gasteiger partial charge on any atom is -0.345 e. The summed E-state index contributed by atoms with van der Waals surface area (Å²) in [6, 6.07) is 22.0. The molecule has 1 amide bonds. The van der Waals surface area contributed by atoms with Crippen LogP contribution in [0.3, 0.4) is 0 Å². The van der Waals surface area contributed by atoms with Crippen LogP contribution in [0.4, 0.5) is 4.39 Å². The molecule has 0 atom stereocenters. The summed E-state index contributed by atoms with van der Waals surface area (Å²) in [7, 11) is 0. The standard InChI is InChI=1S/C24H20BrFN4OS/c1-16-5-4-6-19(13-16)30-22(14-27-23(31)20-7-2-3-8-21(20)26)28-29-24(30)32-15-17-9-11-18(25)12-10-17/h2-13H,14-15H2,1H3,(H,27,31). The van der Waals surface area contributed by atoms with Gasteiger partial charge in [0.2, 0.25) is 0 Å². The molecule has 0 saturated heterocycles. The Morgan fingerprint density at radius 3 is 2.59 bits per heavy atom. The zero-order valence-electron chi connectivity index (χ0n) is 17.3. The molecule has 0 aliphatic rings. The van der Waals surface area contributed by atoms with Crippen LogP contribution in [0.15, 0.2) is 82.4 Å². The first kappa shape index (κ1) is 22.2. The number of nitrogens with one attached hydrogen (secondary N) is 1. The van der Waals surface area contributed by atoms with Gasteiger partial charge >= 0.3 is 0 Å². The SMILES string of the molecule is Cc1cccc(-n2c(CNC(=O)c3ccccc3F)nnc2SCc2ccc(Br)cc2)c1. The maximum atomic E-state index is 13.9. The number of thioether (sulfide) groups is 1. The van der Waals surface area contributed by atoms with Crippen LogP contribution in [-0.4, -0.2) is 20.7 Å². The molecule has 4 rings (SSSR count). The highest BCUT2D eigenvalue weighted by atomic mass is 79.9. The van der Waals surface area contributed by atoms with Gasteiger partial charge in [-0.25, -0.2) is 4.39 Å². The zero-order chi connectivity index (χ0) is 22.5. The van der Waals surface area contributed by atoms with Crippen molar-refractivity contribution in [1.29, 1.82) is 0 Å². The molecule has 3 aromatic carbocycles. The van der Waals surface area contributed by atoms with E-state index in [1.807, 2.05) is 47.9 Å². The fourth-order valence-corrected chi connectivity index (χ4v) is 4.35. The molecule has 1 aromatic heterocycles. The van der Waals surface area contributed by atoms with E-state index in [1.165, 1.54) is 12.1 Å². The van der Waals surface area contributed by atoms with Gasteiger partial charge in [-0.05, 0) is 54.4 Å². The molecule has 32 heavy (non-hydrogen) atoms. The van der Waals surface area contributed by atoms with Crippen LogP contribution < -0.4 is 5.32 Å². The largest absolute Gasteiger partial charge is 0.345 e. The second-order valence-corrected chi connectivity index (χ2v) is 9.01. The first-order chi connectivity index (χ1) is 15.5. The molecule has 0 unspecified atom stereocenters. The summed E-state index contributed by atoms with van der Waals surface area (Å²) in [5.41, 5.74) is 3.16. The lowest BCUT2D eigenvalue weighted by atomic mass is 10.2. The topological polar surface area (TPSA) is 59.8 Å². The number of aryl methyl sites for hydroxylation is 1. The van der Waals surface area contributed by atoms with Crippen LogP contribution in [0.1, 0.15) is 27.3 Å². The summed E-state index contributed by atoms with van der Waals surface area (Å²) in [5.74, 6) is 0.235. The predicted octanol–water partition coefficient (Wildman–Crippen LogP) is 5.70. The van der Waals surface area contributed by atoms with Crippen LogP contribution in [0.2, 0.25) is 0 Å². The van der Waals surface area contributed by atoms with Gasteiger partial charge in [0.15, 0.2) is 11.0 Å². The van der Waals surface area contributed by atoms with Crippen molar-refractivity contribution in [3.8, 4) is 5.69 Å². The molecule has 5 nitrogen and oxygen atoms in total. The Labute approximate surface area is 198 Å². The quantitative estimate of drug-likeness (QED) is 0.324. The normalized spacial score (nSPS) is 10.8. The van der Waals surface area contributed by atoms with Gasteiger partial charge in [-0.15, -0.1) is 10.2 Å². The summed E-state index contributed by atoms with van der Waals surface area (Å²) >= 11 is 5.01. The Bertz CT molecular complexity index is 1240. The van der Waals surface area contributed by atoms with E-state index in [2.05, 4.69) is 43.6 Å². The molecule has 0 radical (unpaired) electrons. The number of carbonyl (C=O) groups excluding carboxylic acids is 1. The Morgan fingerprint density at radius 2 is 1.84 bits per heavy atom. The van der Waals surface area contributed by atoms with Crippen LogP contribution in [0.25, 0.3) is 5.69 Å². The maximum absolute atomic E-state index is 13.9. The molecule has 0 aliphatic carbocycles. The van der Waals surface area contributed by atoms with Crippen molar-refractivity contribution in [3.05, 3.63) is 106 Å². The third-order valence-corrected chi connectivity index (χ3v) is 6.30. The van der Waals surface area contributed by atoms with E-state index in [-0.39, 0.29) is 12.1 Å². The van der Waals surface area contributed by atoms with Crippen molar-refractivity contribution in [2.45, 2.75) is 24.4 Å². The van der Waals surface area contributed by atoms with Gasteiger partial charge in [0.25, 0.3) is 5.91 Å². The molecule has 0 saturated carbocycles. The minimum absolute atomic E-state index is 0.000965. The van der Waals surface area contributed by atoms with Gasteiger partial charge in [-0.3, -0.25) is 9.36 Å². The summed E-state index contributed by atoms with van der Waals surface area (Å²) in [6.07, 6.45) is 0. The Kier molecular flexibility index (Phi) is 7.02. The van der Waals surface area contributed by atoms with E-state index in [0.717, 1.165) is 27.0 Å². The van der Waals surface area contributed by atoms with Crippen molar-refractivity contribution >= 4 is 33.6 Å². The predicted molar refractivity (Wildman–Crippen MR) is 127 cm³/mol. The molecule has 162 valence electrons. The van der Waals surface area contributed by atoms with E-state index >= 15 is 0 Å². The average Bonchev–Trinajstić information content (AvgIpc) is 3.20. The number of halogens is 2. The van der Waals surface area contributed by atoms with E-state index in [1.54, 1.807) is 23.9 Å². The lowest BCUT2D eigenvalue weighted by molar-refractivity contribution is 0.0945. The highest BCUT2D eigenvalue weighted by Crippen LogP contribution is 2.26. The summed E-state index contributed by atoms with van der Waals surface area (Å²) in [5, 5.41) is 12.2. The molecule has 4 aromatic rings. The van der Waals surface area contributed by atoms with Gasteiger partial charge in [-0.2, -0.15) is 0 Å². The van der Waals surface area contributed by atoms with Gasteiger partial charge in [-0.1, -0.05) is 64.1 Å². The van der Waals surface area contributed by atoms with Gasteiger partial charge in [0, 0.05) is 15.9 Å². The lowest BCUT2D eigenvalue weighted by Gasteiger charge is -2.12. The second kappa shape index (κ2) is 10.1. The third kappa shape index (κ3) is 5.26. The number of benzene rings is 3. The smallest absolute Gasteiger partial charge is 0.254 e. The number of aromatic nitrogens is 3. The molecule has 0 spiro atoms. The van der Waals surface area contributed by atoms with E-state index in [0.29, 0.717) is 11.0 Å². The van der Waals surface area contributed by atoms with Gasteiger partial charge < -0.3 is 5.32 Å². The molecule has 8 heteroatoms. The zero-order valence-corrected chi connectivity index (χ0v) is 19.7. The molecule has 0 aliphatic heterocycles. The average molecular weight is 511 g/mol. The summed E-state index contributed by atoms with van der Waals surface area (Å²) in [4.78, 5) is 12.5. The molecule has 0 bridgehead atoms. The van der Waals surface area contributed by atoms with Crippen LogP contribution in [0.5, 0.6) is 0 Å². The first-order valence-electron chi connectivity index (χ1n) is 9.92. The fourth-order valence-electron chi connectivity index (χ4n) is 3.16.